The van der Waals surface area contributed by atoms with Gasteiger partial charge in [-0.15, -0.1) is 9.35 Å². The normalized spacial score (nSPS) is 11.9. The maximum atomic E-state index is 11.7. The summed E-state index contributed by atoms with van der Waals surface area (Å²) in [5.41, 5.74) is 0. The minimum Gasteiger partial charge on any atom is -0.394 e. The van der Waals surface area contributed by atoms with Gasteiger partial charge >= 0.3 is 7.60 Å². The molecule has 0 aromatic carbocycles. The molecule has 0 rings (SSSR count). The number of rotatable bonds is 10. The molecule has 0 radical (unpaired) electrons. The van der Waals surface area contributed by atoms with Gasteiger partial charge in [-0.05, 0) is 13.8 Å². The third kappa shape index (κ3) is 7.87. The Bertz CT molecular complexity index is 174. The Kier molecular flexibility index (Phi) is 9.23. The summed E-state index contributed by atoms with van der Waals surface area (Å²) in [5, 5.41) is 8.46. The highest BCUT2D eigenvalue weighted by Crippen LogP contribution is 2.48. The van der Waals surface area contributed by atoms with Crippen LogP contribution in [0.15, 0.2) is 0 Å². The molecule has 0 saturated heterocycles. The Morgan fingerprint density at radius 1 is 1.13 bits per heavy atom. The van der Waals surface area contributed by atoms with Gasteiger partial charge in [0, 0.05) is 0 Å². The second kappa shape index (κ2) is 9.23. The molecule has 0 aromatic heterocycles. The van der Waals surface area contributed by atoms with Crippen LogP contribution in [-0.2, 0) is 28.4 Å². The molecular formula is C7H17O7P. The largest absolute Gasteiger partial charge is 0.409 e. The van der Waals surface area contributed by atoms with Gasteiger partial charge in [-0.1, -0.05) is 0 Å². The maximum absolute atomic E-state index is 11.7. The Hall–Kier alpha value is -0.0100. The molecule has 0 aromatic rings. The molecule has 92 valence electrons. The first-order chi connectivity index (χ1) is 7.18. The van der Waals surface area contributed by atoms with Crippen LogP contribution in [0.4, 0.5) is 0 Å². The van der Waals surface area contributed by atoms with Crippen molar-refractivity contribution in [2.45, 2.75) is 13.8 Å². The summed E-state index contributed by atoms with van der Waals surface area (Å²) >= 11 is 0. The number of aliphatic hydroxyl groups excluding tert-OH is 1. The summed E-state index contributed by atoms with van der Waals surface area (Å²) in [6.07, 6.45) is -0.340. The van der Waals surface area contributed by atoms with Crippen LogP contribution >= 0.6 is 7.60 Å². The van der Waals surface area contributed by atoms with Crippen molar-refractivity contribution in [3.63, 3.8) is 0 Å². The molecule has 0 unspecified atom stereocenters. The molecule has 0 aliphatic rings. The van der Waals surface area contributed by atoms with Crippen molar-refractivity contribution >= 4 is 7.60 Å². The molecule has 0 fully saturated rings. The van der Waals surface area contributed by atoms with E-state index in [0.717, 1.165) is 0 Å². The van der Waals surface area contributed by atoms with Crippen molar-refractivity contribution in [3.8, 4) is 0 Å². The quantitative estimate of drug-likeness (QED) is 0.266. The third-order valence-corrected chi connectivity index (χ3v) is 2.22. The van der Waals surface area contributed by atoms with Crippen molar-refractivity contribution in [2.75, 3.05) is 32.8 Å². The molecule has 1 N–H and O–H groups in total. The smallest absolute Gasteiger partial charge is 0.394 e. The lowest BCUT2D eigenvalue weighted by Crippen LogP contribution is -2.07. The lowest BCUT2D eigenvalue weighted by Gasteiger charge is -2.14. The molecule has 0 heterocycles. The average Bonchev–Trinajstić information content (AvgIpc) is 2.24. The van der Waals surface area contributed by atoms with Crippen LogP contribution in [0.25, 0.3) is 0 Å². The second-order valence-electron chi connectivity index (χ2n) is 2.33. The van der Waals surface area contributed by atoms with E-state index in [4.69, 9.17) is 9.84 Å². The molecule has 15 heavy (non-hydrogen) atoms. The number of aliphatic hydroxyl groups is 1. The highest BCUT2D eigenvalue weighted by atomic mass is 31.2. The summed E-state index contributed by atoms with van der Waals surface area (Å²) in [4.78, 5) is 9.03. The van der Waals surface area contributed by atoms with Gasteiger partial charge < -0.3 is 9.84 Å². The monoisotopic (exact) mass is 244 g/mol. The van der Waals surface area contributed by atoms with Gasteiger partial charge in [0.25, 0.3) is 0 Å². The van der Waals surface area contributed by atoms with Crippen LogP contribution in [0.5, 0.6) is 0 Å². The SMILES string of the molecule is CCOOP(=O)(COCCO)OOCC. The fourth-order valence-electron chi connectivity index (χ4n) is 0.562. The topological polar surface area (TPSA) is 83.5 Å². The highest BCUT2D eigenvalue weighted by molar-refractivity contribution is 7.53. The summed E-state index contributed by atoms with van der Waals surface area (Å²) in [7, 11) is -3.56. The minimum absolute atomic E-state index is 0.0367. The van der Waals surface area contributed by atoms with Crippen LogP contribution < -0.4 is 0 Å². The highest BCUT2D eigenvalue weighted by Gasteiger charge is 2.28. The zero-order valence-electron chi connectivity index (χ0n) is 8.88. The number of ether oxygens (including phenoxy) is 1. The van der Waals surface area contributed by atoms with Crippen molar-refractivity contribution in [3.05, 3.63) is 0 Å². The molecule has 0 saturated carbocycles. The third-order valence-electron chi connectivity index (χ3n) is 1.05. The fourth-order valence-corrected chi connectivity index (χ4v) is 1.56. The molecule has 8 heteroatoms. The van der Waals surface area contributed by atoms with Crippen LogP contribution in [0.1, 0.15) is 13.8 Å². The number of hydrogen-bond acceptors (Lipinski definition) is 7. The Morgan fingerprint density at radius 2 is 1.67 bits per heavy atom. The molecule has 0 aliphatic carbocycles. The van der Waals surface area contributed by atoms with Gasteiger partial charge in [-0.2, -0.15) is 0 Å². The van der Waals surface area contributed by atoms with Crippen LogP contribution in [0, 0.1) is 0 Å². The van der Waals surface area contributed by atoms with Crippen molar-refractivity contribution in [1.82, 2.24) is 0 Å². The van der Waals surface area contributed by atoms with Gasteiger partial charge in [-0.3, -0.25) is 4.57 Å². The Morgan fingerprint density at radius 3 is 2.07 bits per heavy atom. The standard InChI is InChI=1S/C7H17O7P/c1-3-11-13-15(9,14-12-4-2)7-10-6-5-8/h8H,3-7H2,1-2H3. The van der Waals surface area contributed by atoms with Crippen molar-refractivity contribution in [1.29, 1.82) is 0 Å². The van der Waals surface area contributed by atoms with E-state index in [1.807, 2.05) is 0 Å². The second-order valence-corrected chi connectivity index (χ2v) is 4.11. The van der Waals surface area contributed by atoms with E-state index in [1.165, 1.54) is 0 Å². The Labute approximate surface area is 88.6 Å². The predicted molar refractivity (Wildman–Crippen MR) is 50.9 cm³/mol. The van der Waals surface area contributed by atoms with E-state index in [-0.39, 0.29) is 32.8 Å². The van der Waals surface area contributed by atoms with Gasteiger partial charge in [0.2, 0.25) is 0 Å². The molecule has 0 bridgehead atoms. The van der Waals surface area contributed by atoms with E-state index in [9.17, 15) is 4.57 Å². The maximum Gasteiger partial charge on any atom is 0.409 e. The molecule has 0 aliphatic heterocycles. The van der Waals surface area contributed by atoms with Crippen molar-refractivity contribution < 1.29 is 33.5 Å². The molecule has 0 spiro atoms. The van der Waals surface area contributed by atoms with Gasteiger partial charge in [0.05, 0.1) is 26.4 Å². The van der Waals surface area contributed by atoms with Gasteiger partial charge in [-0.25, -0.2) is 9.78 Å². The lowest BCUT2D eigenvalue weighted by molar-refractivity contribution is -0.265. The van der Waals surface area contributed by atoms with E-state index < -0.39 is 7.60 Å². The molecule has 0 amide bonds. The van der Waals surface area contributed by atoms with Gasteiger partial charge in [0.15, 0.2) is 6.35 Å². The summed E-state index contributed by atoms with van der Waals surface area (Å²) in [6, 6.07) is 0. The van der Waals surface area contributed by atoms with Crippen LogP contribution in [0.3, 0.4) is 0 Å². The first-order valence-corrected chi connectivity index (χ1v) is 6.31. The Balaban J connectivity index is 3.96. The first kappa shape index (κ1) is 15.0. The van der Waals surface area contributed by atoms with Crippen LogP contribution in [-0.4, -0.2) is 37.9 Å². The van der Waals surface area contributed by atoms with Gasteiger partial charge in [0.1, 0.15) is 0 Å². The molecule has 7 nitrogen and oxygen atoms in total. The zero-order chi connectivity index (χ0) is 11.6. The summed E-state index contributed by atoms with van der Waals surface area (Å²) < 4.78 is 25.6. The lowest BCUT2D eigenvalue weighted by atomic mass is 10.8. The zero-order valence-corrected chi connectivity index (χ0v) is 9.77. The summed E-state index contributed by atoms with van der Waals surface area (Å²) in [5.74, 6) is 0. The van der Waals surface area contributed by atoms with E-state index in [1.54, 1.807) is 13.8 Å². The van der Waals surface area contributed by atoms with E-state index >= 15 is 0 Å². The molecular weight excluding hydrogens is 227 g/mol. The molecule has 0 atom stereocenters. The van der Waals surface area contributed by atoms with E-state index in [0.29, 0.717) is 0 Å². The number of hydrogen-bond donors (Lipinski definition) is 1. The minimum atomic E-state index is -3.56. The first-order valence-electron chi connectivity index (χ1n) is 4.58. The van der Waals surface area contributed by atoms with Crippen molar-refractivity contribution in [2.24, 2.45) is 0 Å². The predicted octanol–water partition coefficient (Wildman–Crippen LogP) is 1.08. The van der Waals surface area contributed by atoms with E-state index in [2.05, 4.69) is 19.1 Å². The summed E-state index contributed by atoms with van der Waals surface area (Å²) in [6.45, 7) is 3.64. The average molecular weight is 244 g/mol. The van der Waals surface area contributed by atoms with Crippen LogP contribution in [0.2, 0.25) is 0 Å². The fraction of sp³-hybridized carbons (Fsp3) is 1.00.